The first-order valence-electron chi connectivity index (χ1n) is 10.3. The van der Waals surface area contributed by atoms with Gasteiger partial charge in [-0.15, -0.1) is 0 Å². The summed E-state index contributed by atoms with van der Waals surface area (Å²) >= 11 is 0. The summed E-state index contributed by atoms with van der Waals surface area (Å²) in [5.74, 6) is 0.194. The predicted octanol–water partition coefficient (Wildman–Crippen LogP) is 3.27. The maximum absolute atomic E-state index is 13.3. The van der Waals surface area contributed by atoms with E-state index < -0.39 is 11.6 Å². The average Bonchev–Trinajstić information content (AvgIpc) is 2.94. The number of nitrogens with zero attached hydrogens (tertiary/aromatic N) is 2. The van der Waals surface area contributed by atoms with E-state index in [9.17, 15) is 14.4 Å². The lowest BCUT2D eigenvalue weighted by atomic mass is 9.85. The highest BCUT2D eigenvalue weighted by Gasteiger charge is 2.52. The van der Waals surface area contributed by atoms with Gasteiger partial charge in [-0.2, -0.15) is 0 Å². The zero-order valence-electron chi connectivity index (χ0n) is 17.1. The fraction of sp³-hybridized carbons (Fsp3) is 0.591. The third kappa shape index (κ3) is 3.77. The Hall–Kier alpha value is -2.37. The van der Waals surface area contributed by atoms with E-state index in [1.807, 2.05) is 37.3 Å². The van der Waals surface area contributed by atoms with Gasteiger partial charge >= 0.3 is 6.03 Å². The smallest absolute Gasteiger partial charge is 0.325 e. The molecule has 1 aliphatic heterocycles. The van der Waals surface area contributed by atoms with E-state index >= 15 is 0 Å². The zero-order valence-corrected chi connectivity index (χ0v) is 17.1. The molecule has 6 heteroatoms. The van der Waals surface area contributed by atoms with Gasteiger partial charge in [0.1, 0.15) is 12.1 Å². The minimum absolute atomic E-state index is 0.177. The van der Waals surface area contributed by atoms with Crippen LogP contribution in [0.1, 0.15) is 57.9 Å². The molecule has 0 aromatic heterocycles. The summed E-state index contributed by atoms with van der Waals surface area (Å²) in [7, 11) is 1.79. The van der Waals surface area contributed by atoms with E-state index in [4.69, 9.17) is 0 Å². The van der Waals surface area contributed by atoms with Crippen molar-refractivity contribution in [1.82, 2.24) is 15.1 Å². The van der Waals surface area contributed by atoms with Crippen LogP contribution in [0.15, 0.2) is 30.3 Å². The molecule has 1 saturated heterocycles. The Kier molecular flexibility index (Phi) is 6.06. The Morgan fingerprint density at radius 1 is 1.18 bits per heavy atom. The number of rotatable bonds is 6. The van der Waals surface area contributed by atoms with Crippen molar-refractivity contribution in [3.8, 4) is 0 Å². The molecule has 1 aromatic rings. The number of hydrogen-bond acceptors (Lipinski definition) is 3. The summed E-state index contributed by atoms with van der Waals surface area (Å²) in [5, 5.41) is 2.88. The number of carbonyl (C=O) groups is 3. The van der Waals surface area contributed by atoms with Gasteiger partial charge in [-0.1, -0.05) is 50.6 Å². The largest absolute Gasteiger partial charge is 0.341 e. The van der Waals surface area contributed by atoms with Crippen molar-refractivity contribution in [2.24, 2.45) is 5.92 Å². The molecule has 1 aliphatic carbocycles. The topological polar surface area (TPSA) is 69.7 Å². The summed E-state index contributed by atoms with van der Waals surface area (Å²) in [6.07, 6.45) is 5.42. The fourth-order valence-electron chi connectivity index (χ4n) is 4.46. The van der Waals surface area contributed by atoms with Crippen LogP contribution >= 0.6 is 0 Å². The van der Waals surface area contributed by atoms with Crippen molar-refractivity contribution in [2.75, 3.05) is 13.6 Å². The molecule has 1 N–H and O–H groups in total. The van der Waals surface area contributed by atoms with Crippen LogP contribution in [0.4, 0.5) is 4.79 Å². The highest BCUT2D eigenvalue weighted by atomic mass is 16.2. The van der Waals surface area contributed by atoms with E-state index in [2.05, 4.69) is 12.2 Å². The molecular formula is C22H31N3O3. The maximum atomic E-state index is 13.3. The molecule has 28 heavy (non-hydrogen) atoms. The summed E-state index contributed by atoms with van der Waals surface area (Å²) in [6, 6.07) is 9.02. The normalized spacial score (nSPS) is 27.6. The van der Waals surface area contributed by atoms with Gasteiger partial charge in [-0.25, -0.2) is 4.79 Å². The van der Waals surface area contributed by atoms with Crippen LogP contribution in [-0.2, 0) is 15.1 Å². The fourth-order valence-corrected chi connectivity index (χ4v) is 4.46. The second-order valence-corrected chi connectivity index (χ2v) is 8.26. The molecule has 6 nitrogen and oxygen atoms in total. The molecule has 0 unspecified atom stereocenters. The van der Waals surface area contributed by atoms with Gasteiger partial charge < -0.3 is 10.2 Å². The lowest BCUT2D eigenvalue weighted by Gasteiger charge is -2.34. The van der Waals surface area contributed by atoms with E-state index in [-0.39, 0.29) is 24.4 Å². The number of carbonyl (C=O) groups excluding carboxylic acids is 3. The van der Waals surface area contributed by atoms with Crippen molar-refractivity contribution in [1.29, 1.82) is 0 Å². The summed E-state index contributed by atoms with van der Waals surface area (Å²) < 4.78 is 0. The van der Waals surface area contributed by atoms with Gasteiger partial charge in [-0.3, -0.25) is 14.5 Å². The van der Waals surface area contributed by atoms with E-state index in [1.165, 1.54) is 0 Å². The Bertz CT molecular complexity index is 728. The summed E-state index contributed by atoms with van der Waals surface area (Å²) in [5.41, 5.74) is -0.313. The third-order valence-electron chi connectivity index (χ3n) is 6.29. The first-order valence-corrected chi connectivity index (χ1v) is 10.3. The molecule has 1 saturated carbocycles. The van der Waals surface area contributed by atoms with E-state index in [0.29, 0.717) is 12.3 Å². The first kappa shape index (κ1) is 20.4. The van der Waals surface area contributed by atoms with Crippen LogP contribution in [0.3, 0.4) is 0 Å². The molecule has 0 radical (unpaired) electrons. The number of likely N-dealkylation sites (N-methyl/N-ethyl adjacent to an activating group) is 1. The first-order chi connectivity index (χ1) is 13.4. The SMILES string of the molecule is CCC[C@@]1(c2ccccc2)NC(=O)N(CC(=O)N(C)C2CCC(C)CC2)C1=O. The molecule has 3 rings (SSSR count). The quantitative estimate of drug-likeness (QED) is 0.764. The molecule has 1 heterocycles. The van der Waals surface area contributed by atoms with Crippen molar-refractivity contribution in [3.05, 3.63) is 35.9 Å². The molecule has 1 atom stereocenters. The number of hydrogen-bond donors (Lipinski definition) is 1. The van der Waals surface area contributed by atoms with Crippen LogP contribution in [-0.4, -0.2) is 47.3 Å². The van der Waals surface area contributed by atoms with Gasteiger partial charge in [0.05, 0.1) is 0 Å². The predicted molar refractivity (Wildman–Crippen MR) is 107 cm³/mol. The van der Waals surface area contributed by atoms with E-state index in [1.54, 1.807) is 11.9 Å². The Balaban J connectivity index is 1.75. The molecule has 1 aromatic carbocycles. The number of amides is 4. The molecule has 2 aliphatic rings. The third-order valence-corrected chi connectivity index (χ3v) is 6.29. The summed E-state index contributed by atoms with van der Waals surface area (Å²) in [4.78, 5) is 41.6. The van der Waals surface area contributed by atoms with Gasteiger partial charge in [0.25, 0.3) is 5.91 Å². The number of urea groups is 1. The standard InChI is InChI=1S/C22H31N3O3/c1-4-14-22(17-8-6-5-7-9-17)20(27)25(21(28)23-22)15-19(26)24(3)18-12-10-16(2)11-13-18/h5-9,16,18H,4,10-15H2,1-3H3,(H,23,28)/t16?,18?,22-/m0/s1. The number of benzene rings is 1. The number of nitrogens with one attached hydrogen (secondary N) is 1. The Morgan fingerprint density at radius 3 is 2.43 bits per heavy atom. The Labute approximate surface area is 167 Å². The lowest BCUT2D eigenvalue weighted by molar-refractivity contribution is -0.140. The summed E-state index contributed by atoms with van der Waals surface area (Å²) in [6.45, 7) is 4.02. The van der Waals surface area contributed by atoms with Crippen molar-refractivity contribution in [3.63, 3.8) is 0 Å². The monoisotopic (exact) mass is 385 g/mol. The molecule has 2 fully saturated rings. The van der Waals surface area contributed by atoms with Crippen LogP contribution in [0.2, 0.25) is 0 Å². The van der Waals surface area contributed by atoms with Crippen LogP contribution < -0.4 is 5.32 Å². The van der Waals surface area contributed by atoms with Crippen molar-refractivity contribution >= 4 is 17.8 Å². The van der Waals surface area contributed by atoms with Crippen molar-refractivity contribution in [2.45, 2.75) is 64.0 Å². The second-order valence-electron chi connectivity index (χ2n) is 8.26. The molecule has 4 amide bonds. The van der Waals surface area contributed by atoms with Gasteiger partial charge in [0.15, 0.2) is 0 Å². The highest BCUT2D eigenvalue weighted by molar-refractivity contribution is 6.09. The van der Waals surface area contributed by atoms with Crippen LogP contribution in [0, 0.1) is 5.92 Å². The zero-order chi connectivity index (χ0) is 20.3. The molecule has 0 bridgehead atoms. The molecule has 152 valence electrons. The van der Waals surface area contributed by atoms with E-state index in [0.717, 1.165) is 42.6 Å². The van der Waals surface area contributed by atoms with Crippen LogP contribution in [0.5, 0.6) is 0 Å². The van der Waals surface area contributed by atoms with Crippen molar-refractivity contribution < 1.29 is 14.4 Å². The Morgan fingerprint density at radius 2 is 1.82 bits per heavy atom. The van der Waals surface area contributed by atoms with Crippen LogP contribution in [0.25, 0.3) is 0 Å². The minimum Gasteiger partial charge on any atom is -0.341 e. The minimum atomic E-state index is -1.08. The number of imide groups is 1. The second kappa shape index (κ2) is 8.33. The van der Waals surface area contributed by atoms with Gasteiger partial charge in [0, 0.05) is 13.1 Å². The lowest BCUT2D eigenvalue weighted by Crippen LogP contribution is -2.47. The average molecular weight is 386 g/mol. The maximum Gasteiger partial charge on any atom is 0.325 e. The molecular weight excluding hydrogens is 354 g/mol. The van der Waals surface area contributed by atoms with Gasteiger partial charge in [-0.05, 0) is 43.6 Å². The van der Waals surface area contributed by atoms with Gasteiger partial charge in [0.2, 0.25) is 5.91 Å². The highest BCUT2D eigenvalue weighted by Crippen LogP contribution is 2.34. The molecule has 0 spiro atoms.